The van der Waals surface area contributed by atoms with Gasteiger partial charge in [0.2, 0.25) is 11.8 Å². The molecule has 2 aromatic carbocycles. The summed E-state index contributed by atoms with van der Waals surface area (Å²) in [6.45, 7) is 3.34. The summed E-state index contributed by atoms with van der Waals surface area (Å²) >= 11 is 0. The normalized spacial score (nSPS) is 18.3. The summed E-state index contributed by atoms with van der Waals surface area (Å²) in [5.41, 5.74) is 3.29. The maximum absolute atomic E-state index is 13.3. The van der Waals surface area contributed by atoms with Crippen molar-refractivity contribution in [1.29, 1.82) is 0 Å². The van der Waals surface area contributed by atoms with Gasteiger partial charge in [0.15, 0.2) is 0 Å². The zero-order chi connectivity index (χ0) is 20.4. The first-order valence-corrected chi connectivity index (χ1v) is 10.1. The second-order valence-corrected chi connectivity index (χ2v) is 7.72. The molecule has 0 aromatic heterocycles. The molecule has 0 bridgehead atoms. The first kappa shape index (κ1) is 19.2. The molecular formula is C23H25N3O3. The van der Waals surface area contributed by atoms with Crippen LogP contribution in [0.25, 0.3) is 0 Å². The zero-order valence-electron chi connectivity index (χ0n) is 16.6. The topological polar surface area (TPSA) is 69.7 Å². The Balaban J connectivity index is 1.67. The predicted molar refractivity (Wildman–Crippen MR) is 110 cm³/mol. The fourth-order valence-corrected chi connectivity index (χ4v) is 4.19. The molecule has 3 amide bonds. The average molecular weight is 391 g/mol. The first-order valence-electron chi connectivity index (χ1n) is 10.1. The highest BCUT2D eigenvalue weighted by Gasteiger charge is 2.37. The number of hydrogen-bond acceptors (Lipinski definition) is 3. The molecule has 1 fully saturated rings. The molecule has 2 aromatic rings. The Morgan fingerprint density at radius 3 is 2.38 bits per heavy atom. The van der Waals surface area contributed by atoms with E-state index in [4.69, 9.17) is 0 Å². The van der Waals surface area contributed by atoms with Crippen LogP contribution in [0, 0.1) is 0 Å². The SMILES string of the molecule is CC(=O)Nc1ccc2c(c1)CN(C(=O)c1ccccc1)C(C(=O)N1CCCC1)C2. The van der Waals surface area contributed by atoms with Gasteiger partial charge in [0.25, 0.3) is 5.91 Å². The number of hydrogen-bond donors (Lipinski definition) is 1. The van der Waals surface area contributed by atoms with Crippen LogP contribution in [0.3, 0.4) is 0 Å². The van der Waals surface area contributed by atoms with Crippen LogP contribution < -0.4 is 5.32 Å². The number of rotatable bonds is 3. The molecule has 29 heavy (non-hydrogen) atoms. The van der Waals surface area contributed by atoms with Gasteiger partial charge in [0.05, 0.1) is 0 Å². The lowest BCUT2D eigenvalue weighted by Crippen LogP contribution is -2.53. The van der Waals surface area contributed by atoms with E-state index in [1.165, 1.54) is 6.92 Å². The number of likely N-dealkylation sites (tertiary alicyclic amines) is 1. The standard InChI is InChI=1S/C23H25N3O3/c1-16(27)24-20-10-9-18-14-21(23(29)25-11-5-6-12-25)26(15-19(18)13-20)22(28)17-7-3-2-4-8-17/h2-4,7-10,13,21H,5-6,11-12,14-15H2,1H3,(H,24,27). The second-order valence-electron chi connectivity index (χ2n) is 7.72. The maximum atomic E-state index is 13.3. The summed E-state index contributed by atoms with van der Waals surface area (Å²) < 4.78 is 0. The molecule has 2 aliphatic heterocycles. The van der Waals surface area contributed by atoms with Crippen molar-refractivity contribution in [2.24, 2.45) is 0 Å². The van der Waals surface area contributed by atoms with Crippen LogP contribution in [-0.2, 0) is 22.6 Å². The molecule has 0 aliphatic carbocycles. The molecule has 1 N–H and O–H groups in total. The Kier molecular flexibility index (Phi) is 5.34. The summed E-state index contributed by atoms with van der Waals surface area (Å²) in [7, 11) is 0. The van der Waals surface area contributed by atoms with Crippen LogP contribution >= 0.6 is 0 Å². The molecular weight excluding hydrogens is 366 g/mol. The Morgan fingerprint density at radius 2 is 1.69 bits per heavy atom. The highest BCUT2D eigenvalue weighted by atomic mass is 16.2. The number of nitrogens with one attached hydrogen (secondary N) is 1. The number of carbonyl (C=O) groups is 3. The molecule has 2 aliphatic rings. The van der Waals surface area contributed by atoms with Crippen molar-refractivity contribution >= 4 is 23.4 Å². The number of benzene rings is 2. The van der Waals surface area contributed by atoms with E-state index in [-0.39, 0.29) is 17.7 Å². The maximum Gasteiger partial charge on any atom is 0.254 e. The Hall–Kier alpha value is -3.15. The van der Waals surface area contributed by atoms with Crippen molar-refractivity contribution in [3.8, 4) is 0 Å². The summed E-state index contributed by atoms with van der Waals surface area (Å²) in [4.78, 5) is 41.5. The third kappa shape index (κ3) is 4.01. The van der Waals surface area contributed by atoms with E-state index in [2.05, 4.69) is 5.32 Å². The van der Waals surface area contributed by atoms with E-state index < -0.39 is 6.04 Å². The van der Waals surface area contributed by atoms with E-state index in [0.717, 1.165) is 37.1 Å². The van der Waals surface area contributed by atoms with E-state index in [9.17, 15) is 14.4 Å². The third-order valence-electron chi connectivity index (χ3n) is 5.64. The Labute approximate surface area is 170 Å². The third-order valence-corrected chi connectivity index (χ3v) is 5.64. The predicted octanol–water partition coefficient (Wildman–Crippen LogP) is 2.83. The monoisotopic (exact) mass is 391 g/mol. The molecule has 2 heterocycles. The smallest absolute Gasteiger partial charge is 0.254 e. The van der Waals surface area contributed by atoms with Crippen molar-refractivity contribution in [1.82, 2.24) is 9.80 Å². The van der Waals surface area contributed by atoms with Gasteiger partial charge in [-0.15, -0.1) is 0 Å². The highest BCUT2D eigenvalue weighted by molar-refractivity contribution is 5.98. The zero-order valence-corrected chi connectivity index (χ0v) is 16.6. The van der Waals surface area contributed by atoms with Crippen molar-refractivity contribution in [3.63, 3.8) is 0 Å². The summed E-state index contributed by atoms with van der Waals surface area (Å²) in [5, 5.41) is 2.79. The van der Waals surface area contributed by atoms with Gasteiger partial charge in [0, 0.05) is 44.2 Å². The van der Waals surface area contributed by atoms with Gasteiger partial charge in [-0.3, -0.25) is 14.4 Å². The fourth-order valence-electron chi connectivity index (χ4n) is 4.19. The van der Waals surface area contributed by atoms with Crippen molar-refractivity contribution in [3.05, 3.63) is 65.2 Å². The molecule has 6 heteroatoms. The number of amides is 3. The number of carbonyl (C=O) groups excluding carboxylic acids is 3. The van der Waals surface area contributed by atoms with Gasteiger partial charge in [-0.25, -0.2) is 0 Å². The number of fused-ring (bicyclic) bond motifs is 1. The quantitative estimate of drug-likeness (QED) is 0.875. The first-order chi connectivity index (χ1) is 14.0. The lowest BCUT2D eigenvalue weighted by atomic mass is 9.92. The largest absolute Gasteiger partial charge is 0.341 e. The van der Waals surface area contributed by atoms with E-state index in [1.807, 2.05) is 41.3 Å². The Bertz CT molecular complexity index is 936. The van der Waals surface area contributed by atoms with Gasteiger partial charge in [-0.05, 0) is 48.2 Å². The summed E-state index contributed by atoms with van der Waals surface area (Å²) in [6.07, 6.45) is 2.52. The summed E-state index contributed by atoms with van der Waals surface area (Å²) in [6, 6.07) is 14.3. The van der Waals surface area contributed by atoms with Gasteiger partial charge < -0.3 is 15.1 Å². The van der Waals surface area contributed by atoms with Crippen LogP contribution in [0.5, 0.6) is 0 Å². The van der Waals surface area contributed by atoms with E-state index in [0.29, 0.717) is 24.2 Å². The van der Waals surface area contributed by atoms with Crippen molar-refractivity contribution in [2.75, 3.05) is 18.4 Å². The minimum atomic E-state index is -0.500. The van der Waals surface area contributed by atoms with Gasteiger partial charge in [-0.2, -0.15) is 0 Å². The van der Waals surface area contributed by atoms with E-state index in [1.54, 1.807) is 17.0 Å². The molecule has 1 atom stereocenters. The lowest BCUT2D eigenvalue weighted by molar-refractivity contribution is -0.135. The molecule has 0 spiro atoms. The Morgan fingerprint density at radius 1 is 0.966 bits per heavy atom. The minimum absolute atomic E-state index is 0.0309. The second kappa shape index (κ2) is 8.07. The molecule has 1 saturated heterocycles. The molecule has 4 rings (SSSR count). The number of nitrogens with zero attached hydrogens (tertiary/aromatic N) is 2. The number of anilines is 1. The van der Waals surface area contributed by atoms with Crippen molar-refractivity contribution in [2.45, 2.75) is 38.8 Å². The van der Waals surface area contributed by atoms with Crippen molar-refractivity contribution < 1.29 is 14.4 Å². The molecule has 150 valence electrons. The molecule has 0 radical (unpaired) electrons. The average Bonchev–Trinajstić information content (AvgIpc) is 3.27. The molecule has 0 saturated carbocycles. The lowest BCUT2D eigenvalue weighted by Gasteiger charge is -2.38. The summed E-state index contributed by atoms with van der Waals surface area (Å²) in [5.74, 6) is -0.248. The van der Waals surface area contributed by atoms with Gasteiger partial charge in [-0.1, -0.05) is 24.3 Å². The van der Waals surface area contributed by atoms with E-state index >= 15 is 0 Å². The minimum Gasteiger partial charge on any atom is -0.341 e. The van der Waals surface area contributed by atoms with Gasteiger partial charge >= 0.3 is 0 Å². The highest BCUT2D eigenvalue weighted by Crippen LogP contribution is 2.29. The van der Waals surface area contributed by atoms with Crippen LogP contribution in [0.1, 0.15) is 41.3 Å². The van der Waals surface area contributed by atoms with Crippen LogP contribution in [0.4, 0.5) is 5.69 Å². The van der Waals surface area contributed by atoms with Crippen LogP contribution in [0.15, 0.2) is 48.5 Å². The molecule has 6 nitrogen and oxygen atoms in total. The van der Waals surface area contributed by atoms with Gasteiger partial charge in [0.1, 0.15) is 6.04 Å². The van der Waals surface area contributed by atoms with Crippen LogP contribution in [-0.4, -0.2) is 46.7 Å². The fraction of sp³-hybridized carbons (Fsp3) is 0.348. The molecule has 1 unspecified atom stereocenters. The van der Waals surface area contributed by atoms with Crippen LogP contribution in [0.2, 0.25) is 0 Å².